The topological polar surface area (TPSA) is 46.3 Å². The third-order valence-corrected chi connectivity index (χ3v) is 2.50. The number of carbonyl (C=O) groups excluding carboxylic acids is 1. The molecule has 0 heterocycles. The van der Waals surface area contributed by atoms with Crippen molar-refractivity contribution >= 4 is 11.6 Å². The smallest absolute Gasteiger partial charge is 0.256 e. The summed E-state index contributed by atoms with van der Waals surface area (Å²) < 4.78 is 13.6. The lowest BCUT2D eigenvalue weighted by molar-refractivity contribution is 0.0751. The Morgan fingerprint density at radius 3 is 2.41 bits per heavy atom. The molecular formula is C13H19FN2O. The summed E-state index contributed by atoms with van der Waals surface area (Å²) in [6, 6.07) is 4.09. The predicted octanol–water partition coefficient (Wildman–Crippen LogP) is 2.67. The quantitative estimate of drug-likeness (QED) is 0.802. The van der Waals surface area contributed by atoms with Gasteiger partial charge < -0.3 is 10.6 Å². The maximum Gasteiger partial charge on any atom is 0.256 e. The Balaban J connectivity index is 2.95. The van der Waals surface area contributed by atoms with Crippen molar-refractivity contribution in [1.82, 2.24) is 4.90 Å². The van der Waals surface area contributed by atoms with Crippen LogP contribution in [-0.4, -0.2) is 23.9 Å². The van der Waals surface area contributed by atoms with Crippen LogP contribution in [0.5, 0.6) is 0 Å². The summed E-state index contributed by atoms with van der Waals surface area (Å²) in [6.45, 7) is 5.26. The van der Waals surface area contributed by atoms with Crippen LogP contribution in [-0.2, 0) is 0 Å². The maximum absolute atomic E-state index is 13.6. The highest BCUT2D eigenvalue weighted by molar-refractivity contribution is 5.95. The van der Waals surface area contributed by atoms with Gasteiger partial charge in [-0.25, -0.2) is 4.39 Å². The van der Waals surface area contributed by atoms with E-state index in [-0.39, 0.29) is 11.5 Å². The summed E-state index contributed by atoms with van der Waals surface area (Å²) >= 11 is 0. The SMILES string of the molecule is CCCN(CCC)C(=O)c1cc(N)ccc1F. The number of hydrogen-bond donors (Lipinski definition) is 1. The van der Waals surface area contributed by atoms with E-state index in [0.29, 0.717) is 18.8 Å². The first-order chi connectivity index (χ1) is 8.10. The number of nitrogens with zero attached hydrogens (tertiary/aromatic N) is 1. The average molecular weight is 238 g/mol. The monoisotopic (exact) mass is 238 g/mol. The van der Waals surface area contributed by atoms with Gasteiger partial charge in [-0.1, -0.05) is 13.8 Å². The zero-order valence-electron chi connectivity index (χ0n) is 10.4. The lowest BCUT2D eigenvalue weighted by atomic mass is 10.1. The summed E-state index contributed by atoms with van der Waals surface area (Å²) in [5.41, 5.74) is 6.04. The van der Waals surface area contributed by atoms with Crippen LogP contribution in [0.4, 0.5) is 10.1 Å². The molecule has 0 aliphatic rings. The van der Waals surface area contributed by atoms with Crippen molar-refractivity contribution in [2.75, 3.05) is 18.8 Å². The van der Waals surface area contributed by atoms with Gasteiger partial charge in [-0.2, -0.15) is 0 Å². The van der Waals surface area contributed by atoms with Crippen molar-refractivity contribution in [3.8, 4) is 0 Å². The summed E-state index contributed by atoms with van der Waals surface area (Å²) in [4.78, 5) is 13.8. The summed E-state index contributed by atoms with van der Waals surface area (Å²) in [5.74, 6) is -0.792. The summed E-state index contributed by atoms with van der Waals surface area (Å²) in [7, 11) is 0. The fraction of sp³-hybridized carbons (Fsp3) is 0.462. The van der Waals surface area contributed by atoms with E-state index in [1.54, 1.807) is 4.90 Å². The van der Waals surface area contributed by atoms with Crippen molar-refractivity contribution in [2.45, 2.75) is 26.7 Å². The lowest BCUT2D eigenvalue weighted by Gasteiger charge is -2.21. The van der Waals surface area contributed by atoms with E-state index in [9.17, 15) is 9.18 Å². The van der Waals surface area contributed by atoms with Crippen LogP contribution in [0.15, 0.2) is 18.2 Å². The van der Waals surface area contributed by atoms with E-state index in [1.165, 1.54) is 18.2 Å². The molecule has 1 aromatic carbocycles. The zero-order chi connectivity index (χ0) is 12.8. The molecule has 0 aromatic heterocycles. The third-order valence-electron chi connectivity index (χ3n) is 2.50. The molecule has 0 aliphatic carbocycles. The summed E-state index contributed by atoms with van der Waals surface area (Å²) in [5, 5.41) is 0. The highest BCUT2D eigenvalue weighted by Gasteiger charge is 2.18. The molecule has 4 heteroatoms. The highest BCUT2D eigenvalue weighted by Crippen LogP contribution is 2.15. The fourth-order valence-corrected chi connectivity index (χ4v) is 1.73. The molecule has 17 heavy (non-hydrogen) atoms. The van der Waals surface area contributed by atoms with Crippen molar-refractivity contribution < 1.29 is 9.18 Å². The van der Waals surface area contributed by atoms with Crippen molar-refractivity contribution in [3.63, 3.8) is 0 Å². The molecule has 94 valence electrons. The molecule has 0 bridgehead atoms. The van der Waals surface area contributed by atoms with E-state index in [0.717, 1.165) is 12.8 Å². The first kappa shape index (κ1) is 13.5. The van der Waals surface area contributed by atoms with E-state index in [4.69, 9.17) is 5.73 Å². The number of benzene rings is 1. The van der Waals surface area contributed by atoms with E-state index in [1.807, 2.05) is 13.8 Å². The van der Waals surface area contributed by atoms with E-state index in [2.05, 4.69) is 0 Å². The normalized spacial score (nSPS) is 10.3. The maximum atomic E-state index is 13.6. The molecule has 0 radical (unpaired) electrons. The van der Waals surface area contributed by atoms with Crippen LogP contribution in [0.1, 0.15) is 37.0 Å². The largest absolute Gasteiger partial charge is 0.399 e. The van der Waals surface area contributed by atoms with Crippen LogP contribution >= 0.6 is 0 Å². The minimum absolute atomic E-state index is 0.0619. The number of halogens is 1. The lowest BCUT2D eigenvalue weighted by Crippen LogP contribution is -2.33. The number of rotatable bonds is 5. The molecule has 0 saturated carbocycles. The first-order valence-electron chi connectivity index (χ1n) is 5.94. The molecule has 2 N–H and O–H groups in total. The van der Waals surface area contributed by atoms with Gasteiger partial charge in [-0.3, -0.25) is 4.79 Å². The van der Waals surface area contributed by atoms with Gasteiger partial charge in [-0.15, -0.1) is 0 Å². The van der Waals surface area contributed by atoms with Gasteiger partial charge >= 0.3 is 0 Å². The average Bonchev–Trinajstić information content (AvgIpc) is 2.31. The fourth-order valence-electron chi connectivity index (χ4n) is 1.73. The first-order valence-corrected chi connectivity index (χ1v) is 5.94. The molecule has 0 saturated heterocycles. The molecule has 0 spiro atoms. The van der Waals surface area contributed by atoms with Crippen LogP contribution in [0.25, 0.3) is 0 Å². The second kappa shape index (κ2) is 6.23. The molecule has 1 amide bonds. The number of hydrogen-bond acceptors (Lipinski definition) is 2. The van der Waals surface area contributed by atoms with Crippen molar-refractivity contribution in [3.05, 3.63) is 29.6 Å². The number of carbonyl (C=O) groups is 1. The Morgan fingerprint density at radius 2 is 1.88 bits per heavy atom. The molecule has 0 unspecified atom stereocenters. The Morgan fingerprint density at radius 1 is 1.29 bits per heavy atom. The minimum atomic E-state index is -0.513. The molecular weight excluding hydrogens is 219 g/mol. The number of nitrogen functional groups attached to an aromatic ring is 1. The Bertz CT molecular complexity index is 387. The molecule has 0 fully saturated rings. The number of nitrogens with two attached hydrogens (primary N) is 1. The van der Waals surface area contributed by atoms with Crippen molar-refractivity contribution in [1.29, 1.82) is 0 Å². The van der Waals surface area contributed by atoms with Gasteiger partial charge in [0.15, 0.2) is 0 Å². The molecule has 3 nitrogen and oxygen atoms in total. The van der Waals surface area contributed by atoms with Crippen LogP contribution < -0.4 is 5.73 Å². The molecule has 0 aliphatic heterocycles. The minimum Gasteiger partial charge on any atom is -0.399 e. The number of anilines is 1. The van der Waals surface area contributed by atoms with Gasteiger partial charge in [0.1, 0.15) is 5.82 Å². The van der Waals surface area contributed by atoms with Gasteiger partial charge in [0.2, 0.25) is 0 Å². The van der Waals surface area contributed by atoms with Gasteiger partial charge in [0, 0.05) is 18.8 Å². The Kier molecular flexibility index (Phi) is 4.94. The molecule has 0 atom stereocenters. The standard InChI is InChI=1S/C13H19FN2O/c1-3-7-16(8-4-2)13(17)11-9-10(15)5-6-12(11)14/h5-6,9H,3-4,7-8,15H2,1-2H3. The highest BCUT2D eigenvalue weighted by atomic mass is 19.1. The third kappa shape index (κ3) is 3.44. The van der Waals surface area contributed by atoms with E-state index < -0.39 is 5.82 Å². The molecule has 1 aromatic rings. The van der Waals surface area contributed by atoms with Gasteiger partial charge in [0.05, 0.1) is 5.56 Å². The second-order valence-electron chi connectivity index (χ2n) is 4.03. The predicted molar refractivity (Wildman–Crippen MR) is 67.3 cm³/mol. The van der Waals surface area contributed by atoms with E-state index >= 15 is 0 Å². The Hall–Kier alpha value is -1.58. The zero-order valence-corrected chi connectivity index (χ0v) is 10.4. The van der Waals surface area contributed by atoms with Crippen molar-refractivity contribution in [2.24, 2.45) is 0 Å². The summed E-state index contributed by atoms with van der Waals surface area (Å²) in [6.07, 6.45) is 1.71. The van der Waals surface area contributed by atoms with Gasteiger partial charge in [-0.05, 0) is 31.0 Å². The van der Waals surface area contributed by atoms with Crippen LogP contribution in [0.2, 0.25) is 0 Å². The molecule has 1 rings (SSSR count). The second-order valence-corrected chi connectivity index (χ2v) is 4.03. The van der Waals surface area contributed by atoms with Crippen LogP contribution in [0, 0.1) is 5.82 Å². The Labute approximate surface area is 101 Å². The van der Waals surface area contributed by atoms with Crippen LogP contribution in [0.3, 0.4) is 0 Å². The van der Waals surface area contributed by atoms with Gasteiger partial charge in [0.25, 0.3) is 5.91 Å². The number of amides is 1.